The Hall–Kier alpha value is -6.55. The first kappa shape index (κ1) is 33.8. The molecule has 0 heterocycles. The number of carboxylic acid groups (broad SMARTS) is 1. The van der Waals surface area contributed by atoms with E-state index in [0.717, 1.165) is 39.2 Å². The average molecular weight is 653 g/mol. The van der Waals surface area contributed by atoms with Gasteiger partial charge in [-0.1, -0.05) is 78.9 Å². The van der Waals surface area contributed by atoms with Crippen molar-refractivity contribution in [1.29, 1.82) is 0 Å². The van der Waals surface area contributed by atoms with Gasteiger partial charge in [-0.05, 0) is 89.0 Å². The van der Waals surface area contributed by atoms with Crippen LogP contribution in [0.25, 0.3) is 22.3 Å². The second-order valence-corrected chi connectivity index (χ2v) is 10.7. The maximum Gasteiger partial charge on any atom is 0.336 e. The topological polar surface area (TPSA) is 134 Å². The summed E-state index contributed by atoms with van der Waals surface area (Å²) in [7, 11) is 0. The number of hydrogen-bond acceptors (Lipinski definition) is 7. The molecule has 1 amide bonds. The van der Waals surface area contributed by atoms with Gasteiger partial charge in [0, 0.05) is 22.6 Å². The molecule has 0 saturated carbocycles. The highest BCUT2D eigenvalue weighted by Crippen LogP contribution is 2.31. The van der Waals surface area contributed by atoms with E-state index in [9.17, 15) is 14.7 Å². The van der Waals surface area contributed by atoms with Gasteiger partial charge in [-0.2, -0.15) is 0 Å². The van der Waals surface area contributed by atoms with Crippen molar-refractivity contribution in [2.45, 2.75) is 6.61 Å². The van der Waals surface area contributed by atoms with E-state index in [-0.39, 0.29) is 17.7 Å². The summed E-state index contributed by atoms with van der Waals surface area (Å²) in [5.41, 5.74) is 6.60. The van der Waals surface area contributed by atoms with E-state index in [1.807, 2.05) is 110 Å². The molecular weight excluding hydrogens is 620 g/mol. The van der Waals surface area contributed by atoms with Gasteiger partial charge in [0.2, 0.25) is 0 Å². The summed E-state index contributed by atoms with van der Waals surface area (Å²) in [6.45, 7) is 2.04. The third kappa shape index (κ3) is 8.63. The van der Waals surface area contributed by atoms with Crippen LogP contribution in [0.5, 0.6) is 11.5 Å². The third-order valence-corrected chi connectivity index (χ3v) is 7.52. The zero-order chi connectivity index (χ0) is 34.6. The molecular formula is C40H32N2O7. The summed E-state index contributed by atoms with van der Waals surface area (Å²) in [4.78, 5) is 37.4. The monoisotopic (exact) mass is 652 g/mol. The highest BCUT2D eigenvalue weighted by atomic mass is 17.1. The van der Waals surface area contributed by atoms with Gasteiger partial charge < -0.3 is 25.3 Å². The van der Waals surface area contributed by atoms with Gasteiger partial charge >= 0.3 is 5.97 Å². The molecule has 9 heteroatoms. The van der Waals surface area contributed by atoms with Crippen LogP contribution >= 0.6 is 0 Å². The Morgan fingerprint density at radius 2 is 1.12 bits per heavy atom. The molecule has 0 spiro atoms. The van der Waals surface area contributed by atoms with E-state index >= 15 is 0 Å². The lowest BCUT2D eigenvalue weighted by Gasteiger charge is -2.14. The first-order valence-electron chi connectivity index (χ1n) is 15.1. The normalized spacial score (nSPS) is 10.3. The Kier molecular flexibility index (Phi) is 11.3. The molecule has 0 fully saturated rings. The summed E-state index contributed by atoms with van der Waals surface area (Å²) < 4.78 is 6.01. The second kappa shape index (κ2) is 16.3. The van der Waals surface area contributed by atoms with Crippen LogP contribution in [-0.4, -0.2) is 29.0 Å². The standard InChI is InChI=1S/C39H30N2O6.CH2O/c42-38(36-23-28(13-22-35(36)39(43)44)26-7-3-1-4-8-26)41-32-16-20-34(21-17-32)47-33-18-14-31(15-19-33)40-37-24-29(11-12-30(37)25-46-45)27-9-5-2-6-10-27;1-2/h1-24,40,45H,25H2,(H,41,42)(H,43,44);1H2. The molecule has 0 aliphatic carbocycles. The fourth-order valence-electron chi connectivity index (χ4n) is 5.13. The molecule has 0 aromatic heterocycles. The first-order valence-corrected chi connectivity index (χ1v) is 15.1. The second-order valence-electron chi connectivity index (χ2n) is 10.7. The van der Waals surface area contributed by atoms with E-state index < -0.39 is 11.9 Å². The smallest absolute Gasteiger partial charge is 0.336 e. The summed E-state index contributed by atoms with van der Waals surface area (Å²) in [6, 6.07) is 44.3. The molecule has 0 aliphatic heterocycles. The van der Waals surface area contributed by atoms with Crippen LogP contribution in [0.4, 0.5) is 17.1 Å². The number of nitrogens with one attached hydrogen (secondary N) is 2. The Bertz CT molecular complexity index is 2020. The zero-order valence-electron chi connectivity index (χ0n) is 26.2. The molecule has 9 nitrogen and oxygen atoms in total. The number of anilines is 3. The molecule has 0 saturated heterocycles. The van der Waals surface area contributed by atoms with E-state index in [4.69, 9.17) is 14.8 Å². The lowest BCUT2D eigenvalue weighted by atomic mass is 9.98. The summed E-state index contributed by atoms with van der Waals surface area (Å²) in [6.07, 6.45) is 0. The molecule has 244 valence electrons. The Labute approximate surface area is 283 Å². The molecule has 6 aromatic carbocycles. The maximum absolute atomic E-state index is 13.2. The van der Waals surface area contributed by atoms with Crippen LogP contribution in [-0.2, 0) is 16.3 Å². The number of aromatic carboxylic acids is 1. The third-order valence-electron chi connectivity index (χ3n) is 7.52. The van der Waals surface area contributed by atoms with Gasteiger partial charge in [-0.15, -0.1) is 0 Å². The number of carbonyl (C=O) groups is 3. The predicted octanol–water partition coefficient (Wildman–Crippen LogP) is 9.31. The number of hydrogen-bond donors (Lipinski definition) is 4. The van der Waals surface area contributed by atoms with Crippen LogP contribution in [0.2, 0.25) is 0 Å². The summed E-state index contributed by atoms with van der Waals surface area (Å²) in [5.74, 6) is -0.549. The minimum atomic E-state index is -1.18. The predicted molar refractivity (Wildman–Crippen MR) is 189 cm³/mol. The van der Waals surface area contributed by atoms with Crippen LogP contribution in [0.3, 0.4) is 0 Å². The fourth-order valence-corrected chi connectivity index (χ4v) is 5.13. The van der Waals surface area contributed by atoms with Gasteiger partial charge in [-0.3, -0.25) is 10.1 Å². The van der Waals surface area contributed by atoms with Gasteiger partial charge in [0.1, 0.15) is 24.9 Å². The van der Waals surface area contributed by atoms with Gasteiger partial charge in [-0.25, -0.2) is 9.68 Å². The number of ether oxygens (including phenoxy) is 1. The number of rotatable bonds is 11. The molecule has 6 aromatic rings. The minimum Gasteiger partial charge on any atom is -0.478 e. The number of amides is 1. The summed E-state index contributed by atoms with van der Waals surface area (Å²) in [5, 5.41) is 25.0. The largest absolute Gasteiger partial charge is 0.478 e. The van der Waals surface area contributed by atoms with Crippen LogP contribution in [0, 0.1) is 0 Å². The SMILES string of the molecule is C=O.O=C(O)c1ccc(-c2ccccc2)cc1C(=O)Nc1ccc(Oc2ccc(Nc3cc(-c4ccccc4)ccc3COO)cc2)cc1. The lowest BCUT2D eigenvalue weighted by Crippen LogP contribution is -2.16. The number of benzene rings is 6. The zero-order valence-corrected chi connectivity index (χ0v) is 26.2. The van der Waals surface area contributed by atoms with Crippen molar-refractivity contribution in [2.24, 2.45) is 0 Å². The average Bonchev–Trinajstić information content (AvgIpc) is 3.15. The number of carboxylic acids is 1. The van der Waals surface area contributed by atoms with Crippen molar-refractivity contribution < 1.29 is 34.4 Å². The van der Waals surface area contributed by atoms with E-state index in [0.29, 0.717) is 17.2 Å². The van der Waals surface area contributed by atoms with Crippen molar-refractivity contribution in [2.75, 3.05) is 10.6 Å². The van der Waals surface area contributed by atoms with Gasteiger partial charge in [0.15, 0.2) is 0 Å². The maximum atomic E-state index is 13.2. The molecule has 0 unspecified atom stereocenters. The van der Waals surface area contributed by atoms with Crippen molar-refractivity contribution in [3.8, 4) is 33.8 Å². The minimum absolute atomic E-state index is 0.0375. The molecule has 0 atom stereocenters. The van der Waals surface area contributed by atoms with Crippen molar-refractivity contribution in [3.63, 3.8) is 0 Å². The van der Waals surface area contributed by atoms with E-state index in [1.54, 1.807) is 36.4 Å². The molecule has 6 rings (SSSR count). The molecule has 49 heavy (non-hydrogen) atoms. The highest BCUT2D eigenvalue weighted by molar-refractivity contribution is 6.11. The van der Waals surface area contributed by atoms with Gasteiger partial charge in [0.05, 0.1) is 11.1 Å². The summed E-state index contributed by atoms with van der Waals surface area (Å²) >= 11 is 0. The molecule has 0 aliphatic rings. The highest BCUT2D eigenvalue weighted by Gasteiger charge is 2.18. The first-order chi connectivity index (χ1) is 24.0. The van der Waals surface area contributed by atoms with Crippen molar-refractivity contribution in [1.82, 2.24) is 0 Å². The van der Waals surface area contributed by atoms with Crippen molar-refractivity contribution in [3.05, 3.63) is 162 Å². The molecule has 0 radical (unpaired) electrons. The Morgan fingerprint density at radius 1 is 0.592 bits per heavy atom. The van der Waals surface area contributed by atoms with E-state index in [2.05, 4.69) is 15.5 Å². The van der Waals surface area contributed by atoms with E-state index in [1.165, 1.54) is 6.07 Å². The van der Waals surface area contributed by atoms with Crippen LogP contribution in [0.15, 0.2) is 146 Å². The van der Waals surface area contributed by atoms with Crippen molar-refractivity contribution >= 4 is 35.7 Å². The Morgan fingerprint density at radius 3 is 1.67 bits per heavy atom. The van der Waals surface area contributed by atoms with Crippen LogP contribution < -0.4 is 15.4 Å². The Balaban J connectivity index is 0.00000230. The number of carbonyl (C=O) groups excluding carboxylic acids is 2. The van der Waals surface area contributed by atoms with Gasteiger partial charge in [0.25, 0.3) is 5.91 Å². The lowest BCUT2D eigenvalue weighted by molar-refractivity contribution is -0.252. The molecule has 0 bridgehead atoms. The quantitative estimate of drug-likeness (QED) is 0.0804. The van der Waals surface area contributed by atoms with Crippen LogP contribution in [0.1, 0.15) is 26.3 Å². The molecule has 4 N–H and O–H groups in total. The fraction of sp³-hybridized carbons (Fsp3) is 0.0250.